The largest absolute Gasteiger partial charge is 0.326 e. The molecular weight excluding hydrogens is 298 g/mol. The standard InChI is InChI=1S/C14H14F2N2O2S/c15-12-2-1-3-13(16)14(12)21(19,20)18-9-11-6-4-10(8-17)5-7-11/h1-7,18H,8-9,17H2. The third-order valence-corrected chi connectivity index (χ3v) is 4.36. The van der Waals surface area contributed by atoms with Crippen LogP contribution in [0.4, 0.5) is 8.78 Å². The van der Waals surface area contributed by atoms with E-state index in [9.17, 15) is 17.2 Å². The van der Waals surface area contributed by atoms with Gasteiger partial charge in [0.15, 0.2) is 4.90 Å². The third-order valence-electron chi connectivity index (χ3n) is 2.91. The lowest BCUT2D eigenvalue weighted by Gasteiger charge is -2.09. The van der Waals surface area contributed by atoms with Crippen molar-refractivity contribution in [2.75, 3.05) is 0 Å². The average Bonchev–Trinajstić information content (AvgIpc) is 2.45. The lowest BCUT2D eigenvalue weighted by molar-refractivity contribution is 0.514. The van der Waals surface area contributed by atoms with Crippen LogP contribution in [0.2, 0.25) is 0 Å². The molecule has 0 amide bonds. The number of nitrogens with two attached hydrogens (primary N) is 1. The maximum atomic E-state index is 13.5. The van der Waals surface area contributed by atoms with Gasteiger partial charge in [0, 0.05) is 13.1 Å². The topological polar surface area (TPSA) is 72.2 Å². The highest BCUT2D eigenvalue weighted by Gasteiger charge is 2.23. The van der Waals surface area contributed by atoms with E-state index in [1.165, 1.54) is 0 Å². The van der Waals surface area contributed by atoms with E-state index in [2.05, 4.69) is 4.72 Å². The minimum absolute atomic E-state index is 0.0685. The van der Waals surface area contributed by atoms with Gasteiger partial charge < -0.3 is 5.73 Å². The van der Waals surface area contributed by atoms with Crippen LogP contribution in [-0.4, -0.2) is 8.42 Å². The molecular formula is C14H14F2N2O2S. The second-order valence-corrected chi connectivity index (χ2v) is 6.10. The van der Waals surface area contributed by atoms with Crippen molar-refractivity contribution in [2.24, 2.45) is 5.73 Å². The van der Waals surface area contributed by atoms with Crippen LogP contribution in [-0.2, 0) is 23.1 Å². The number of nitrogens with one attached hydrogen (secondary N) is 1. The van der Waals surface area contributed by atoms with Crippen LogP contribution in [0.15, 0.2) is 47.4 Å². The Kier molecular flexibility index (Phi) is 4.66. The summed E-state index contributed by atoms with van der Waals surface area (Å²) in [4.78, 5) is -0.969. The van der Waals surface area contributed by atoms with Crippen molar-refractivity contribution in [3.63, 3.8) is 0 Å². The van der Waals surface area contributed by atoms with Crippen molar-refractivity contribution in [3.8, 4) is 0 Å². The van der Waals surface area contributed by atoms with E-state index < -0.39 is 26.6 Å². The highest BCUT2D eigenvalue weighted by molar-refractivity contribution is 7.89. The Hall–Kier alpha value is -1.83. The van der Waals surface area contributed by atoms with Gasteiger partial charge in [-0.15, -0.1) is 0 Å². The van der Waals surface area contributed by atoms with E-state index in [4.69, 9.17) is 5.73 Å². The summed E-state index contributed by atoms with van der Waals surface area (Å²) in [6.45, 7) is 0.313. The molecule has 4 nitrogen and oxygen atoms in total. The molecule has 2 aromatic rings. The fraction of sp³-hybridized carbons (Fsp3) is 0.143. The molecule has 21 heavy (non-hydrogen) atoms. The monoisotopic (exact) mass is 312 g/mol. The molecule has 0 atom stereocenters. The lowest BCUT2D eigenvalue weighted by Crippen LogP contribution is -2.25. The molecule has 0 aliphatic rings. The van der Waals surface area contributed by atoms with E-state index in [-0.39, 0.29) is 6.54 Å². The predicted octanol–water partition coefficient (Wildman–Crippen LogP) is 1.90. The van der Waals surface area contributed by atoms with Crippen LogP contribution < -0.4 is 10.5 Å². The maximum Gasteiger partial charge on any atom is 0.246 e. The average molecular weight is 312 g/mol. The van der Waals surface area contributed by atoms with Crippen molar-refractivity contribution in [2.45, 2.75) is 18.0 Å². The molecule has 0 saturated heterocycles. The number of hydrogen-bond donors (Lipinski definition) is 2. The predicted molar refractivity (Wildman–Crippen MR) is 74.7 cm³/mol. The van der Waals surface area contributed by atoms with Crippen LogP contribution in [0, 0.1) is 11.6 Å². The Balaban J connectivity index is 2.18. The molecule has 0 bridgehead atoms. The van der Waals surface area contributed by atoms with Gasteiger partial charge >= 0.3 is 0 Å². The van der Waals surface area contributed by atoms with Crippen molar-refractivity contribution in [1.82, 2.24) is 4.72 Å². The molecule has 3 N–H and O–H groups in total. The van der Waals surface area contributed by atoms with Crippen LogP contribution in [0.1, 0.15) is 11.1 Å². The van der Waals surface area contributed by atoms with Gasteiger partial charge in [0.05, 0.1) is 0 Å². The number of halogens is 2. The fourth-order valence-electron chi connectivity index (χ4n) is 1.78. The molecule has 0 radical (unpaired) electrons. The number of rotatable bonds is 5. The molecule has 0 aliphatic heterocycles. The van der Waals surface area contributed by atoms with Gasteiger partial charge in [-0.05, 0) is 23.3 Å². The van der Waals surface area contributed by atoms with Gasteiger partial charge in [-0.3, -0.25) is 0 Å². The van der Waals surface area contributed by atoms with E-state index in [0.29, 0.717) is 12.1 Å². The molecule has 0 fully saturated rings. The lowest BCUT2D eigenvalue weighted by atomic mass is 10.1. The van der Waals surface area contributed by atoms with Crippen molar-refractivity contribution < 1.29 is 17.2 Å². The Morgan fingerprint density at radius 1 is 0.952 bits per heavy atom. The number of benzene rings is 2. The molecule has 112 valence electrons. The molecule has 0 saturated carbocycles. The minimum atomic E-state index is -4.26. The zero-order valence-corrected chi connectivity index (χ0v) is 11.8. The molecule has 2 aromatic carbocycles. The molecule has 0 aliphatic carbocycles. The summed E-state index contributed by atoms with van der Waals surface area (Å²) in [6.07, 6.45) is 0. The Labute approximate surface area is 121 Å². The first kappa shape index (κ1) is 15.6. The number of hydrogen-bond acceptors (Lipinski definition) is 3. The first-order valence-corrected chi connectivity index (χ1v) is 7.64. The van der Waals surface area contributed by atoms with E-state index in [1.54, 1.807) is 24.3 Å². The summed E-state index contributed by atoms with van der Waals surface area (Å²) in [5, 5.41) is 0. The molecule has 0 heterocycles. The van der Waals surface area contributed by atoms with Gasteiger partial charge in [0.25, 0.3) is 0 Å². The van der Waals surface area contributed by atoms with Gasteiger partial charge in [0.2, 0.25) is 10.0 Å². The smallest absolute Gasteiger partial charge is 0.246 e. The van der Waals surface area contributed by atoms with Crippen LogP contribution >= 0.6 is 0 Å². The van der Waals surface area contributed by atoms with Crippen molar-refractivity contribution in [3.05, 3.63) is 65.2 Å². The summed E-state index contributed by atoms with van der Waals surface area (Å²) < 4.78 is 53.1. The summed E-state index contributed by atoms with van der Waals surface area (Å²) in [7, 11) is -4.26. The summed E-state index contributed by atoms with van der Waals surface area (Å²) in [6, 6.07) is 9.81. The minimum Gasteiger partial charge on any atom is -0.326 e. The zero-order valence-electron chi connectivity index (χ0n) is 11.0. The van der Waals surface area contributed by atoms with Crippen LogP contribution in [0.5, 0.6) is 0 Å². The van der Waals surface area contributed by atoms with Gasteiger partial charge in [-0.1, -0.05) is 30.3 Å². The zero-order chi connectivity index (χ0) is 15.5. The molecule has 2 rings (SSSR count). The SMILES string of the molecule is NCc1ccc(CNS(=O)(=O)c2c(F)cccc2F)cc1. The number of sulfonamides is 1. The summed E-state index contributed by atoms with van der Waals surface area (Å²) in [5.74, 6) is -2.25. The van der Waals surface area contributed by atoms with E-state index in [0.717, 1.165) is 23.8 Å². The Morgan fingerprint density at radius 2 is 1.48 bits per heavy atom. The Bertz CT molecular complexity index is 711. The molecule has 0 spiro atoms. The summed E-state index contributed by atoms with van der Waals surface area (Å²) >= 11 is 0. The van der Waals surface area contributed by atoms with Crippen molar-refractivity contribution in [1.29, 1.82) is 0 Å². The first-order chi connectivity index (χ1) is 9.94. The van der Waals surface area contributed by atoms with Crippen LogP contribution in [0.25, 0.3) is 0 Å². The summed E-state index contributed by atoms with van der Waals surface area (Å²) in [5.41, 5.74) is 7.02. The maximum absolute atomic E-state index is 13.5. The highest BCUT2D eigenvalue weighted by Crippen LogP contribution is 2.18. The van der Waals surface area contributed by atoms with E-state index in [1.807, 2.05) is 0 Å². The third kappa shape index (κ3) is 3.63. The second-order valence-electron chi connectivity index (χ2n) is 4.40. The van der Waals surface area contributed by atoms with Crippen molar-refractivity contribution >= 4 is 10.0 Å². The molecule has 0 unspecified atom stereocenters. The van der Waals surface area contributed by atoms with Gasteiger partial charge in [-0.25, -0.2) is 21.9 Å². The van der Waals surface area contributed by atoms with Crippen LogP contribution in [0.3, 0.4) is 0 Å². The van der Waals surface area contributed by atoms with E-state index >= 15 is 0 Å². The second kappa shape index (κ2) is 6.30. The van der Waals surface area contributed by atoms with Gasteiger partial charge in [-0.2, -0.15) is 0 Å². The Morgan fingerprint density at radius 3 is 2.00 bits per heavy atom. The molecule has 0 aromatic heterocycles. The fourth-order valence-corrected chi connectivity index (χ4v) is 2.93. The quantitative estimate of drug-likeness (QED) is 0.886. The normalized spacial score (nSPS) is 11.6. The van der Waals surface area contributed by atoms with Gasteiger partial charge in [0.1, 0.15) is 11.6 Å². The molecule has 7 heteroatoms. The first-order valence-electron chi connectivity index (χ1n) is 6.15. The highest BCUT2D eigenvalue weighted by atomic mass is 32.2.